The summed E-state index contributed by atoms with van der Waals surface area (Å²) in [5.41, 5.74) is -0.393. The third-order valence-electron chi connectivity index (χ3n) is 2.56. The number of halogens is 4. The molecule has 12 heteroatoms. The summed E-state index contributed by atoms with van der Waals surface area (Å²) >= 11 is 5.86. The van der Waals surface area contributed by atoms with E-state index in [0.29, 0.717) is 0 Å². The first-order valence-electron chi connectivity index (χ1n) is 5.87. The molecule has 0 amide bonds. The van der Waals surface area contributed by atoms with Crippen LogP contribution >= 0.6 is 11.6 Å². The van der Waals surface area contributed by atoms with Crippen LogP contribution in [0, 0.1) is 0 Å². The Balaban J connectivity index is 1.89. The number of hydrogen-bond acceptors (Lipinski definition) is 7. The van der Waals surface area contributed by atoms with E-state index >= 15 is 0 Å². The molecule has 3 rings (SSSR count). The van der Waals surface area contributed by atoms with Crippen LogP contribution in [0.15, 0.2) is 27.6 Å². The molecule has 8 nitrogen and oxygen atoms in total. The predicted octanol–water partition coefficient (Wildman–Crippen LogP) is 2.60. The van der Waals surface area contributed by atoms with E-state index in [1.54, 1.807) is 0 Å². The molecular weight excluding hydrogens is 343 g/mol. The third-order valence-corrected chi connectivity index (χ3v) is 2.88. The molecule has 0 aliphatic heterocycles. The van der Waals surface area contributed by atoms with Crippen molar-refractivity contribution in [1.82, 2.24) is 20.3 Å². The van der Waals surface area contributed by atoms with Crippen molar-refractivity contribution in [2.75, 3.05) is 5.32 Å². The number of nitrogens with zero attached hydrogens (tertiary/aromatic N) is 3. The average molecular weight is 348 g/mol. The maximum absolute atomic E-state index is 12.1. The number of ether oxygens (including phenoxy) is 1. The molecule has 120 valence electrons. The van der Waals surface area contributed by atoms with E-state index in [0.717, 1.165) is 12.1 Å². The molecule has 0 unspecified atom stereocenters. The quantitative estimate of drug-likeness (QED) is 0.750. The summed E-state index contributed by atoms with van der Waals surface area (Å²) in [7, 11) is 0. The molecule has 1 aromatic carbocycles. The maximum atomic E-state index is 12.1. The van der Waals surface area contributed by atoms with Crippen molar-refractivity contribution in [3.05, 3.63) is 33.6 Å². The SMILES string of the molecule is O=c1[nH]c2nonc2nc1Nc1ccc(OC(F)(F)F)cc1Cl. The van der Waals surface area contributed by atoms with Gasteiger partial charge in [0.05, 0.1) is 10.7 Å². The van der Waals surface area contributed by atoms with Gasteiger partial charge in [0.15, 0.2) is 5.82 Å². The molecule has 0 spiro atoms. The van der Waals surface area contributed by atoms with Gasteiger partial charge in [0.2, 0.25) is 11.3 Å². The lowest BCUT2D eigenvalue weighted by Crippen LogP contribution is -2.17. The Hall–Kier alpha value is -2.82. The lowest BCUT2D eigenvalue weighted by molar-refractivity contribution is -0.274. The fraction of sp³-hybridized carbons (Fsp3) is 0.0909. The normalized spacial score (nSPS) is 11.7. The summed E-state index contributed by atoms with van der Waals surface area (Å²) in [6.45, 7) is 0. The van der Waals surface area contributed by atoms with Crippen LogP contribution < -0.4 is 15.6 Å². The van der Waals surface area contributed by atoms with Gasteiger partial charge in [0.25, 0.3) is 5.56 Å². The number of anilines is 2. The van der Waals surface area contributed by atoms with Crippen LogP contribution in [0.5, 0.6) is 5.75 Å². The minimum absolute atomic E-state index is 0.0419. The van der Waals surface area contributed by atoms with Crippen molar-refractivity contribution in [1.29, 1.82) is 0 Å². The number of aromatic amines is 1. The van der Waals surface area contributed by atoms with Gasteiger partial charge in [-0.3, -0.25) is 9.78 Å². The van der Waals surface area contributed by atoms with E-state index in [1.807, 2.05) is 0 Å². The minimum Gasteiger partial charge on any atom is -0.406 e. The molecule has 2 aromatic heterocycles. The van der Waals surface area contributed by atoms with E-state index < -0.39 is 17.7 Å². The molecule has 0 fully saturated rings. The first kappa shape index (κ1) is 15.1. The minimum atomic E-state index is -4.83. The Morgan fingerprint density at radius 1 is 1.30 bits per heavy atom. The molecule has 3 aromatic rings. The van der Waals surface area contributed by atoms with Crippen molar-refractivity contribution in [2.24, 2.45) is 0 Å². The second-order valence-electron chi connectivity index (χ2n) is 4.17. The van der Waals surface area contributed by atoms with Crippen molar-refractivity contribution in [3.8, 4) is 5.75 Å². The summed E-state index contributed by atoms with van der Waals surface area (Å²) in [6, 6.07) is 3.18. The number of rotatable bonds is 3. The van der Waals surface area contributed by atoms with Crippen LogP contribution in [0.2, 0.25) is 5.02 Å². The Morgan fingerprint density at radius 2 is 2.09 bits per heavy atom. The van der Waals surface area contributed by atoms with Gasteiger partial charge >= 0.3 is 6.36 Å². The topological polar surface area (TPSA) is 106 Å². The number of fused-ring (bicyclic) bond motifs is 1. The highest BCUT2D eigenvalue weighted by atomic mass is 35.5. The summed E-state index contributed by atoms with van der Waals surface area (Å²) in [5, 5.41) is 9.34. The monoisotopic (exact) mass is 347 g/mol. The molecule has 0 aliphatic rings. The molecule has 23 heavy (non-hydrogen) atoms. The smallest absolute Gasteiger partial charge is 0.406 e. The van der Waals surface area contributed by atoms with Crippen molar-refractivity contribution in [2.45, 2.75) is 6.36 Å². The molecule has 0 aliphatic carbocycles. The fourth-order valence-electron chi connectivity index (χ4n) is 1.67. The Morgan fingerprint density at radius 3 is 2.78 bits per heavy atom. The number of benzene rings is 1. The van der Waals surface area contributed by atoms with E-state index in [-0.39, 0.29) is 27.8 Å². The Kier molecular flexibility index (Phi) is 3.56. The number of alkyl halides is 3. The van der Waals surface area contributed by atoms with Crippen LogP contribution in [0.3, 0.4) is 0 Å². The molecule has 2 N–H and O–H groups in total. The third kappa shape index (κ3) is 3.34. The van der Waals surface area contributed by atoms with Gasteiger partial charge in [-0.25, -0.2) is 4.63 Å². The molecule has 2 heterocycles. The van der Waals surface area contributed by atoms with Gasteiger partial charge in [-0.05, 0) is 22.4 Å². The van der Waals surface area contributed by atoms with Crippen LogP contribution in [0.4, 0.5) is 24.7 Å². The second-order valence-corrected chi connectivity index (χ2v) is 4.57. The standard InChI is InChI=1S/C11H5ClF3N5O3/c12-5-3-4(22-11(13,14)15)1-2-6(5)16-9-10(21)18-8-7(17-9)19-23-20-8/h1-3H,(H,16,17,19)(H,18,20,21). The highest BCUT2D eigenvalue weighted by molar-refractivity contribution is 6.33. The van der Waals surface area contributed by atoms with E-state index in [9.17, 15) is 18.0 Å². The summed E-state index contributed by atoms with van der Waals surface area (Å²) in [5.74, 6) is -0.675. The number of hydrogen-bond donors (Lipinski definition) is 2. The molecule has 0 saturated carbocycles. The number of aromatic nitrogens is 4. The summed E-state index contributed by atoms with van der Waals surface area (Å²) in [6.07, 6.45) is -4.83. The van der Waals surface area contributed by atoms with Crippen molar-refractivity contribution in [3.63, 3.8) is 0 Å². The van der Waals surface area contributed by atoms with Gasteiger partial charge in [-0.15, -0.1) is 13.2 Å². The summed E-state index contributed by atoms with van der Waals surface area (Å²) in [4.78, 5) is 18.0. The largest absolute Gasteiger partial charge is 0.573 e. The summed E-state index contributed by atoms with van der Waals surface area (Å²) < 4.78 is 44.5. The van der Waals surface area contributed by atoms with Gasteiger partial charge in [0.1, 0.15) is 5.75 Å². The highest BCUT2D eigenvalue weighted by Gasteiger charge is 2.31. The molecule has 0 bridgehead atoms. The number of H-pyrrole nitrogens is 1. The van der Waals surface area contributed by atoms with Crippen LogP contribution in [0.1, 0.15) is 0 Å². The molecular formula is C11H5ClF3N5O3. The first-order valence-corrected chi connectivity index (χ1v) is 6.24. The number of nitrogens with one attached hydrogen (secondary N) is 2. The van der Waals surface area contributed by atoms with E-state index in [1.165, 1.54) is 6.07 Å². The Labute approximate surface area is 129 Å². The predicted molar refractivity (Wildman–Crippen MR) is 71.6 cm³/mol. The highest BCUT2D eigenvalue weighted by Crippen LogP contribution is 2.31. The van der Waals surface area contributed by atoms with Gasteiger partial charge < -0.3 is 10.1 Å². The van der Waals surface area contributed by atoms with Gasteiger partial charge in [-0.2, -0.15) is 4.98 Å². The fourth-order valence-corrected chi connectivity index (χ4v) is 1.88. The Bertz CT molecular complexity index is 923. The average Bonchev–Trinajstić information content (AvgIpc) is 2.87. The maximum Gasteiger partial charge on any atom is 0.573 e. The molecule has 0 atom stereocenters. The van der Waals surface area contributed by atoms with Crippen LogP contribution in [-0.4, -0.2) is 26.6 Å². The van der Waals surface area contributed by atoms with Crippen molar-refractivity contribution < 1.29 is 22.5 Å². The lowest BCUT2D eigenvalue weighted by Gasteiger charge is -2.11. The van der Waals surface area contributed by atoms with Gasteiger partial charge in [-0.1, -0.05) is 11.6 Å². The zero-order valence-electron chi connectivity index (χ0n) is 10.8. The zero-order chi connectivity index (χ0) is 16.6. The first-order chi connectivity index (χ1) is 10.8. The van der Waals surface area contributed by atoms with Crippen LogP contribution in [0.25, 0.3) is 11.3 Å². The molecule has 0 saturated heterocycles. The zero-order valence-corrected chi connectivity index (χ0v) is 11.6. The van der Waals surface area contributed by atoms with Gasteiger partial charge in [0, 0.05) is 6.07 Å². The van der Waals surface area contributed by atoms with Crippen LogP contribution in [-0.2, 0) is 0 Å². The van der Waals surface area contributed by atoms with E-state index in [2.05, 4.69) is 35.0 Å². The van der Waals surface area contributed by atoms with E-state index in [4.69, 9.17) is 11.6 Å². The second kappa shape index (κ2) is 5.43. The molecule has 0 radical (unpaired) electrons. The van der Waals surface area contributed by atoms with Crippen molar-refractivity contribution >= 4 is 34.4 Å². The lowest BCUT2D eigenvalue weighted by atomic mass is 10.3.